The van der Waals surface area contributed by atoms with Crippen LogP contribution in [-0.2, 0) is 4.79 Å². The zero-order chi connectivity index (χ0) is 14.8. The molecule has 0 aliphatic rings. The molecule has 0 bridgehead atoms. The van der Waals surface area contributed by atoms with Crippen LogP contribution in [0.25, 0.3) is 22.2 Å². The highest BCUT2D eigenvalue weighted by Crippen LogP contribution is 2.27. The van der Waals surface area contributed by atoms with Crippen molar-refractivity contribution in [2.75, 3.05) is 5.32 Å². The molecule has 0 aliphatic carbocycles. The minimum Gasteiger partial charge on any atom is -0.326 e. The zero-order valence-electron chi connectivity index (χ0n) is 11.3. The number of thiophene rings is 1. The highest BCUT2D eigenvalue weighted by molar-refractivity contribution is 7.08. The summed E-state index contributed by atoms with van der Waals surface area (Å²) in [6, 6.07) is 9.20. The summed E-state index contributed by atoms with van der Waals surface area (Å²) in [5, 5.41) is 7.50. The van der Waals surface area contributed by atoms with E-state index in [4.69, 9.17) is 0 Å². The Morgan fingerprint density at radius 3 is 2.81 bits per heavy atom. The first-order valence-electron chi connectivity index (χ1n) is 6.37. The fourth-order valence-corrected chi connectivity index (χ4v) is 2.83. The first kappa shape index (κ1) is 13.5. The van der Waals surface area contributed by atoms with Gasteiger partial charge in [-0.15, -0.1) is 0 Å². The average Bonchev–Trinajstić information content (AvgIpc) is 2.99. The van der Waals surface area contributed by atoms with Crippen LogP contribution < -0.4 is 5.32 Å². The lowest BCUT2D eigenvalue weighted by Crippen LogP contribution is -2.05. The Labute approximate surface area is 125 Å². The van der Waals surface area contributed by atoms with E-state index < -0.39 is 0 Å². The molecule has 3 aromatic rings. The molecule has 1 amide bonds. The maximum atomic E-state index is 11.3. The van der Waals surface area contributed by atoms with Crippen LogP contribution in [0.15, 0.2) is 41.1 Å². The third kappa shape index (κ3) is 2.68. The van der Waals surface area contributed by atoms with Crippen molar-refractivity contribution in [3.63, 3.8) is 0 Å². The monoisotopic (exact) mass is 296 g/mol. The number of carbonyl (C=O) groups is 2. The number of rotatable bonds is 3. The molecule has 2 aromatic heterocycles. The van der Waals surface area contributed by atoms with Gasteiger partial charge >= 0.3 is 0 Å². The number of fused-ring (bicyclic) bond motifs is 1. The van der Waals surface area contributed by atoms with Gasteiger partial charge in [-0.3, -0.25) is 9.59 Å². The minimum atomic E-state index is -0.128. The first-order valence-corrected chi connectivity index (χ1v) is 7.32. The van der Waals surface area contributed by atoms with Gasteiger partial charge in [0.05, 0.1) is 11.2 Å². The molecule has 0 fully saturated rings. The molecule has 2 heterocycles. The van der Waals surface area contributed by atoms with Gasteiger partial charge in [0.15, 0.2) is 6.29 Å². The molecule has 4 nitrogen and oxygen atoms in total. The molecule has 3 rings (SSSR count). The summed E-state index contributed by atoms with van der Waals surface area (Å²) in [4.78, 5) is 27.0. The SMILES string of the molecule is CC(=O)Nc1ccc2cc(C=O)c(-c3ccsc3)nc2c1. The molecular formula is C16H12N2O2S. The molecule has 1 N–H and O–H groups in total. The Bertz CT molecular complexity index is 826. The lowest BCUT2D eigenvalue weighted by molar-refractivity contribution is -0.114. The van der Waals surface area contributed by atoms with Crippen LogP contribution in [0.4, 0.5) is 5.69 Å². The zero-order valence-corrected chi connectivity index (χ0v) is 12.1. The van der Waals surface area contributed by atoms with Gasteiger partial charge in [0, 0.05) is 34.5 Å². The summed E-state index contributed by atoms with van der Waals surface area (Å²) < 4.78 is 0. The maximum absolute atomic E-state index is 11.3. The van der Waals surface area contributed by atoms with E-state index in [9.17, 15) is 9.59 Å². The van der Waals surface area contributed by atoms with E-state index in [0.717, 1.165) is 22.8 Å². The number of aldehydes is 1. The number of nitrogens with zero attached hydrogens (tertiary/aromatic N) is 1. The normalized spacial score (nSPS) is 10.5. The van der Waals surface area contributed by atoms with E-state index in [-0.39, 0.29) is 5.91 Å². The summed E-state index contributed by atoms with van der Waals surface area (Å²) >= 11 is 1.56. The van der Waals surface area contributed by atoms with Gasteiger partial charge in [0.2, 0.25) is 5.91 Å². The van der Waals surface area contributed by atoms with Crippen molar-refractivity contribution in [3.05, 3.63) is 46.7 Å². The van der Waals surface area contributed by atoms with Gasteiger partial charge in [0.25, 0.3) is 0 Å². The van der Waals surface area contributed by atoms with Gasteiger partial charge in [-0.1, -0.05) is 6.07 Å². The van der Waals surface area contributed by atoms with Gasteiger partial charge in [-0.05, 0) is 29.6 Å². The number of anilines is 1. The highest BCUT2D eigenvalue weighted by atomic mass is 32.1. The van der Waals surface area contributed by atoms with Crippen molar-refractivity contribution in [3.8, 4) is 11.3 Å². The van der Waals surface area contributed by atoms with E-state index in [1.54, 1.807) is 23.5 Å². The second-order valence-electron chi connectivity index (χ2n) is 4.64. The number of pyridine rings is 1. The van der Waals surface area contributed by atoms with Crippen LogP contribution in [0.1, 0.15) is 17.3 Å². The van der Waals surface area contributed by atoms with Gasteiger partial charge in [-0.2, -0.15) is 11.3 Å². The topological polar surface area (TPSA) is 59.1 Å². The largest absolute Gasteiger partial charge is 0.326 e. The van der Waals surface area contributed by atoms with E-state index >= 15 is 0 Å². The second kappa shape index (κ2) is 5.46. The molecule has 104 valence electrons. The maximum Gasteiger partial charge on any atom is 0.221 e. The van der Waals surface area contributed by atoms with Crippen LogP contribution in [-0.4, -0.2) is 17.2 Å². The van der Waals surface area contributed by atoms with Crippen LogP contribution in [0.5, 0.6) is 0 Å². The fourth-order valence-electron chi connectivity index (χ4n) is 2.18. The predicted octanol–water partition coefficient (Wildman–Crippen LogP) is 3.73. The van der Waals surface area contributed by atoms with Crippen LogP contribution in [0.3, 0.4) is 0 Å². The lowest BCUT2D eigenvalue weighted by atomic mass is 10.1. The number of hydrogen-bond acceptors (Lipinski definition) is 4. The number of amides is 1. The van der Waals surface area contributed by atoms with Crippen LogP contribution in [0, 0.1) is 0 Å². The number of aromatic nitrogens is 1. The quantitative estimate of drug-likeness (QED) is 0.749. The van der Waals surface area contributed by atoms with Crippen molar-refractivity contribution < 1.29 is 9.59 Å². The molecule has 0 unspecified atom stereocenters. The van der Waals surface area contributed by atoms with E-state index in [0.29, 0.717) is 16.9 Å². The Balaban J connectivity index is 2.18. The van der Waals surface area contributed by atoms with E-state index in [2.05, 4.69) is 10.3 Å². The standard InChI is InChI=1S/C16H12N2O2S/c1-10(20)17-14-3-2-11-6-13(8-19)16(18-15(11)7-14)12-4-5-21-9-12/h2-9H,1H3,(H,17,20). The third-order valence-electron chi connectivity index (χ3n) is 3.09. The Morgan fingerprint density at radius 2 is 2.14 bits per heavy atom. The Morgan fingerprint density at radius 1 is 1.29 bits per heavy atom. The molecule has 0 spiro atoms. The summed E-state index contributed by atoms with van der Waals surface area (Å²) in [7, 11) is 0. The smallest absolute Gasteiger partial charge is 0.221 e. The fraction of sp³-hybridized carbons (Fsp3) is 0.0625. The number of carbonyl (C=O) groups excluding carboxylic acids is 2. The molecular weight excluding hydrogens is 284 g/mol. The molecule has 0 aliphatic heterocycles. The lowest BCUT2D eigenvalue weighted by Gasteiger charge is -2.07. The second-order valence-corrected chi connectivity index (χ2v) is 5.42. The molecule has 0 saturated heterocycles. The third-order valence-corrected chi connectivity index (χ3v) is 3.77. The van der Waals surface area contributed by atoms with E-state index in [1.807, 2.05) is 29.0 Å². The Hall–Kier alpha value is -2.53. The number of benzene rings is 1. The van der Waals surface area contributed by atoms with Gasteiger partial charge < -0.3 is 5.32 Å². The molecule has 21 heavy (non-hydrogen) atoms. The van der Waals surface area contributed by atoms with Crippen molar-refractivity contribution >= 4 is 40.1 Å². The Kier molecular flexibility index (Phi) is 3.50. The number of nitrogens with one attached hydrogen (secondary N) is 1. The molecule has 0 saturated carbocycles. The van der Waals surface area contributed by atoms with Crippen molar-refractivity contribution in [2.45, 2.75) is 6.92 Å². The van der Waals surface area contributed by atoms with E-state index in [1.165, 1.54) is 6.92 Å². The summed E-state index contributed by atoms with van der Waals surface area (Å²) in [6.07, 6.45) is 0.821. The summed E-state index contributed by atoms with van der Waals surface area (Å²) in [5.41, 5.74) is 3.59. The predicted molar refractivity (Wildman–Crippen MR) is 84.7 cm³/mol. The van der Waals surface area contributed by atoms with Gasteiger partial charge in [-0.25, -0.2) is 4.98 Å². The first-order chi connectivity index (χ1) is 10.2. The van der Waals surface area contributed by atoms with Gasteiger partial charge in [0.1, 0.15) is 0 Å². The van der Waals surface area contributed by atoms with Crippen LogP contribution >= 0.6 is 11.3 Å². The van der Waals surface area contributed by atoms with Crippen molar-refractivity contribution in [2.24, 2.45) is 0 Å². The summed E-state index contributed by atoms with van der Waals surface area (Å²) in [5.74, 6) is -0.128. The average molecular weight is 296 g/mol. The summed E-state index contributed by atoms with van der Waals surface area (Å²) in [6.45, 7) is 1.46. The molecule has 0 radical (unpaired) electrons. The number of hydrogen-bond donors (Lipinski definition) is 1. The minimum absolute atomic E-state index is 0.128. The molecule has 0 atom stereocenters. The van der Waals surface area contributed by atoms with Crippen molar-refractivity contribution in [1.29, 1.82) is 0 Å². The highest BCUT2D eigenvalue weighted by Gasteiger charge is 2.10. The van der Waals surface area contributed by atoms with Crippen molar-refractivity contribution in [1.82, 2.24) is 4.98 Å². The van der Waals surface area contributed by atoms with Crippen LogP contribution in [0.2, 0.25) is 0 Å². The molecule has 5 heteroatoms. The molecule has 1 aromatic carbocycles.